The van der Waals surface area contributed by atoms with E-state index >= 15 is 8.78 Å². The van der Waals surface area contributed by atoms with Crippen molar-refractivity contribution in [1.29, 1.82) is 0 Å². The first-order chi connectivity index (χ1) is 24.5. The number of hydrogen-bond donors (Lipinski definition) is 2. The molecule has 6 rings (SSSR count). The number of ether oxygens (including phenoxy) is 1. The van der Waals surface area contributed by atoms with Crippen LogP contribution in [0.25, 0.3) is 11.1 Å². The van der Waals surface area contributed by atoms with Crippen LogP contribution in [0.3, 0.4) is 0 Å². The molecule has 1 aromatic heterocycles. The molecule has 4 bridgehead atoms. The van der Waals surface area contributed by atoms with Gasteiger partial charge in [0.2, 0.25) is 5.91 Å². The predicted molar refractivity (Wildman–Crippen MR) is 179 cm³/mol. The number of fused-ring (bicyclic) bond motifs is 6. The first-order valence-electron chi connectivity index (χ1n) is 16.5. The van der Waals surface area contributed by atoms with Gasteiger partial charge in [-0.2, -0.15) is 13.2 Å². The fourth-order valence-corrected chi connectivity index (χ4v) is 6.82. The molecule has 274 valence electrons. The minimum absolute atomic E-state index is 0.00980. The molecule has 1 saturated heterocycles. The Morgan fingerprint density at radius 2 is 1.71 bits per heavy atom. The number of nitrogens with zero attached hydrogens (tertiary/aromatic N) is 2. The number of aromatic nitrogens is 1. The molecule has 14 heteroatoms. The van der Waals surface area contributed by atoms with Gasteiger partial charge in [0.1, 0.15) is 36.2 Å². The Hall–Kier alpha value is -5.11. The lowest BCUT2D eigenvalue weighted by atomic mass is 9.90. The molecule has 0 unspecified atom stereocenters. The zero-order valence-electron chi connectivity index (χ0n) is 28.4. The molecule has 0 saturated carbocycles. The van der Waals surface area contributed by atoms with Crippen LogP contribution in [0.5, 0.6) is 5.75 Å². The molecule has 0 aliphatic carbocycles. The van der Waals surface area contributed by atoms with E-state index in [0.29, 0.717) is 33.1 Å². The zero-order chi connectivity index (χ0) is 37.6. The van der Waals surface area contributed by atoms with E-state index in [9.17, 15) is 37.1 Å². The van der Waals surface area contributed by atoms with Crippen molar-refractivity contribution < 1.29 is 45.8 Å². The summed E-state index contributed by atoms with van der Waals surface area (Å²) in [5.41, 5.74) is -0.430. The first kappa shape index (κ1) is 36.7. The predicted octanol–water partition coefficient (Wildman–Crippen LogP) is 6.75. The summed E-state index contributed by atoms with van der Waals surface area (Å²) in [6, 6.07) is 6.91. The van der Waals surface area contributed by atoms with Crippen LogP contribution in [0.4, 0.5) is 26.3 Å². The van der Waals surface area contributed by atoms with Crippen molar-refractivity contribution in [2.24, 2.45) is 0 Å². The summed E-state index contributed by atoms with van der Waals surface area (Å²) in [6.45, 7) is 5.08. The summed E-state index contributed by atoms with van der Waals surface area (Å²) < 4.78 is 94.8. The number of pyridine rings is 1. The van der Waals surface area contributed by atoms with Crippen LogP contribution in [0, 0.1) is 32.4 Å². The number of likely N-dealkylation sites (tertiary alicyclic amines) is 1. The third-order valence-corrected chi connectivity index (χ3v) is 9.69. The van der Waals surface area contributed by atoms with Gasteiger partial charge in [-0.05, 0) is 90.9 Å². The molecular formula is C38H35F6N3O5. The van der Waals surface area contributed by atoms with Gasteiger partial charge in [-0.1, -0.05) is 12.1 Å². The van der Waals surface area contributed by atoms with Crippen LogP contribution in [-0.4, -0.2) is 52.3 Å². The van der Waals surface area contributed by atoms with Gasteiger partial charge in [0.25, 0.3) is 5.56 Å². The second-order valence-electron chi connectivity index (χ2n) is 13.3. The van der Waals surface area contributed by atoms with Gasteiger partial charge < -0.3 is 15.2 Å². The standard InChI is InChI=1S/C38H35F6N3O5/c1-19-4-7-31-34(21(19)3)24-10-20(2)35(41)27(12-24)30(14-33(49)50)45-37(51)36(26-11-22(18-52-31)5-6-29(26)40)47-15-23(8-9-46-16-25(39)17-46)28(13-32(47)48)38(42,43)44/h4-7,10-13,15,25,30,36H,8-9,14,16-18H2,1-3H3,(H,45,51)(H,49,50)/t30-,36-/m1/s1. The third-order valence-electron chi connectivity index (χ3n) is 9.69. The second-order valence-corrected chi connectivity index (χ2v) is 13.3. The lowest BCUT2D eigenvalue weighted by Crippen LogP contribution is -2.49. The molecular weight excluding hydrogens is 692 g/mol. The summed E-state index contributed by atoms with van der Waals surface area (Å²) in [5.74, 6) is -4.04. The number of alkyl halides is 4. The van der Waals surface area contributed by atoms with Gasteiger partial charge in [0.05, 0.1) is 18.0 Å². The van der Waals surface area contributed by atoms with Gasteiger partial charge in [0, 0.05) is 48.6 Å². The maximum Gasteiger partial charge on any atom is 0.416 e. The molecule has 2 atom stereocenters. The Labute approximate surface area is 294 Å². The maximum absolute atomic E-state index is 16.0. The zero-order valence-corrected chi connectivity index (χ0v) is 28.4. The highest BCUT2D eigenvalue weighted by molar-refractivity contribution is 5.85. The van der Waals surface area contributed by atoms with Gasteiger partial charge in [-0.3, -0.25) is 23.9 Å². The Morgan fingerprint density at radius 3 is 2.38 bits per heavy atom. The largest absolute Gasteiger partial charge is 0.488 e. The monoisotopic (exact) mass is 727 g/mol. The summed E-state index contributed by atoms with van der Waals surface area (Å²) >= 11 is 0. The Bertz CT molecular complexity index is 2130. The van der Waals surface area contributed by atoms with Crippen LogP contribution < -0.4 is 15.6 Å². The number of carboxylic acids is 1. The van der Waals surface area contributed by atoms with Crippen molar-refractivity contribution in [2.45, 2.75) is 64.7 Å². The van der Waals surface area contributed by atoms with E-state index in [4.69, 9.17) is 4.74 Å². The minimum Gasteiger partial charge on any atom is -0.488 e. The van der Waals surface area contributed by atoms with Gasteiger partial charge >= 0.3 is 12.1 Å². The van der Waals surface area contributed by atoms with Crippen molar-refractivity contribution >= 4 is 11.9 Å². The number of carboxylic acid groups (broad SMARTS) is 1. The Balaban J connectivity index is 1.56. The molecule has 3 aromatic carbocycles. The summed E-state index contributed by atoms with van der Waals surface area (Å²) in [5, 5.41) is 12.4. The number of rotatable bonds is 6. The smallest absolute Gasteiger partial charge is 0.416 e. The highest BCUT2D eigenvalue weighted by Gasteiger charge is 2.37. The van der Waals surface area contributed by atoms with Crippen molar-refractivity contribution in [1.82, 2.24) is 14.8 Å². The van der Waals surface area contributed by atoms with Gasteiger partial charge in [0.15, 0.2) is 0 Å². The number of amides is 1. The highest BCUT2D eigenvalue weighted by Crippen LogP contribution is 2.39. The maximum atomic E-state index is 16.0. The van der Waals surface area contributed by atoms with E-state index in [-0.39, 0.29) is 43.8 Å². The minimum atomic E-state index is -4.97. The van der Waals surface area contributed by atoms with Crippen LogP contribution in [0.1, 0.15) is 63.0 Å². The second kappa shape index (κ2) is 14.1. The fraction of sp³-hybridized carbons (Fsp3) is 0.342. The lowest BCUT2D eigenvalue weighted by molar-refractivity contribution is -0.139. The molecule has 8 nitrogen and oxygen atoms in total. The number of halogens is 6. The Morgan fingerprint density at radius 1 is 0.981 bits per heavy atom. The third kappa shape index (κ3) is 7.29. The number of nitrogens with one attached hydrogen (secondary N) is 1. The van der Waals surface area contributed by atoms with Crippen LogP contribution in [0.2, 0.25) is 0 Å². The summed E-state index contributed by atoms with van der Waals surface area (Å²) in [4.78, 5) is 41.6. The number of aliphatic carboxylic acids is 1. The van der Waals surface area contributed by atoms with Crippen molar-refractivity contribution in [2.75, 3.05) is 19.6 Å². The molecule has 2 aliphatic heterocycles. The van der Waals surface area contributed by atoms with Gasteiger partial charge in [-0.15, -0.1) is 0 Å². The van der Waals surface area contributed by atoms with Crippen molar-refractivity contribution in [3.05, 3.63) is 121 Å². The normalized spacial score (nSPS) is 18.1. The van der Waals surface area contributed by atoms with E-state index in [1.54, 1.807) is 17.0 Å². The number of carbonyl (C=O) groups is 2. The van der Waals surface area contributed by atoms with E-state index < -0.39 is 76.6 Å². The summed E-state index contributed by atoms with van der Waals surface area (Å²) in [7, 11) is 0. The first-order valence-corrected chi connectivity index (χ1v) is 16.5. The number of aryl methyl sites for hydroxylation is 2. The fourth-order valence-electron chi connectivity index (χ4n) is 6.82. The molecule has 4 aromatic rings. The number of benzene rings is 3. The molecule has 0 spiro atoms. The molecule has 0 radical (unpaired) electrons. The average molecular weight is 728 g/mol. The van der Waals surface area contributed by atoms with E-state index in [1.165, 1.54) is 25.1 Å². The van der Waals surface area contributed by atoms with Gasteiger partial charge in [-0.25, -0.2) is 13.2 Å². The number of hydrogen-bond acceptors (Lipinski definition) is 5. The SMILES string of the molecule is Cc1ccc2c(c1C)-c1cc(C)c(F)c(c1)[C@@H](CC(=O)O)NC(=O)[C@H](n1cc(CCN3CC(F)C3)c(C(F)(F)F)cc1=O)c1cc(ccc1F)CO2. The lowest BCUT2D eigenvalue weighted by Gasteiger charge is -2.34. The highest BCUT2D eigenvalue weighted by atomic mass is 19.4. The van der Waals surface area contributed by atoms with E-state index in [2.05, 4.69) is 5.32 Å². The van der Waals surface area contributed by atoms with Crippen molar-refractivity contribution in [3.8, 4) is 16.9 Å². The molecule has 2 aliphatic rings. The van der Waals surface area contributed by atoms with Crippen LogP contribution >= 0.6 is 0 Å². The van der Waals surface area contributed by atoms with E-state index in [0.717, 1.165) is 23.4 Å². The van der Waals surface area contributed by atoms with Crippen molar-refractivity contribution in [3.63, 3.8) is 0 Å². The van der Waals surface area contributed by atoms with E-state index in [1.807, 2.05) is 19.9 Å². The molecule has 1 fully saturated rings. The topological polar surface area (TPSA) is 101 Å². The molecule has 3 heterocycles. The summed E-state index contributed by atoms with van der Waals surface area (Å²) in [6.07, 6.45) is -6.39. The quantitative estimate of drug-likeness (QED) is 0.214. The molecule has 2 N–H and O–H groups in total. The molecule has 1 amide bonds. The number of carbonyl (C=O) groups excluding carboxylic acids is 1. The Kier molecular flexibility index (Phi) is 9.97. The van der Waals surface area contributed by atoms with Crippen LogP contribution in [-0.2, 0) is 28.8 Å². The average Bonchev–Trinajstić information content (AvgIpc) is 3.05. The van der Waals surface area contributed by atoms with Crippen LogP contribution in [0.15, 0.2) is 59.5 Å². The molecule has 52 heavy (non-hydrogen) atoms.